The topological polar surface area (TPSA) is 71.4 Å². The summed E-state index contributed by atoms with van der Waals surface area (Å²) in [5, 5.41) is 8.63. The maximum Gasteiger partial charge on any atom is 0.335 e. The molecule has 0 spiro atoms. The zero-order chi connectivity index (χ0) is 11.5. The predicted octanol–water partition coefficient (Wildman–Crippen LogP) is 1.58. The van der Waals surface area contributed by atoms with E-state index in [0.29, 0.717) is 5.75 Å². The first-order valence-electron chi connectivity index (χ1n) is 4.05. The van der Waals surface area contributed by atoms with Crippen molar-refractivity contribution in [1.29, 1.82) is 0 Å². The molecule has 15 heavy (non-hydrogen) atoms. The van der Waals surface area contributed by atoms with Gasteiger partial charge in [-0.2, -0.15) is 0 Å². The molecular weight excluding hydrogens is 236 g/mol. The highest BCUT2D eigenvalue weighted by molar-refractivity contribution is 8.71. The predicted molar refractivity (Wildman–Crippen MR) is 59.5 cm³/mol. The number of carboxylic acids is 1. The molecule has 0 bridgehead atoms. The van der Waals surface area contributed by atoms with Crippen LogP contribution in [-0.4, -0.2) is 25.7 Å². The molecule has 0 atom stereocenters. The van der Waals surface area contributed by atoms with Crippen molar-refractivity contribution in [2.75, 3.05) is 6.26 Å². The number of benzene rings is 1. The molecule has 0 saturated heterocycles. The van der Waals surface area contributed by atoms with Gasteiger partial charge >= 0.3 is 5.97 Å². The fraction of sp³-hybridized carbons (Fsp3) is 0.222. The van der Waals surface area contributed by atoms with Crippen molar-refractivity contribution in [3.63, 3.8) is 0 Å². The van der Waals surface area contributed by atoms with Crippen LogP contribution in [0.4, 0.5) is 0 Å². The molecule has 4 nitrogen and oxygen atoms in total. The van der Waals surface area contributed by atoms with Crippen molar-refractivity contribution >= 4 is 25.6 Å². The Morgan fingerprint density at radius 3 is 2.27 bits per heavy atom. The van der Waals surface area contributed by atoms with Crippen molar-refractivity contribution in [1.82, 2.24) is 0 Å². The zero-order valence-electron chi connectivity index (χ0n) is 8.00. The van der Waals surface area contributed by atoms with Crippen molar-refractivity contribution in [3.8, 4) is 0 Å². The van der Waals surface area contributed by atoms with Gasteiger partial charge in [0, 0.05) is 12.0 Å². The SMILES string of the molecule is CS(=O)(=O)SCc1ccc(C(=O)O)cc1. The summed E-state index contributed by atoms with van der Waals surface area (Å²) in [6.07, 6.45) is 1.14. The summed E-state index contributed by atoms with van der Waals surface area (Å²) in [4.78, 5) is 10.5. The van der Waals surface area contributed by atoms with Gasteiger partial charge in [-0.25, -0.2) is 13.2 Å². The Morgan fingerprint density at radius 2 is 1.87 bits per heavy atom. The minimum Gasteiger partial charge on any atom is -0.478 e. The van der Waals surface area contributed by atoms with Crippen LogP contribution in [-0.2, 0) is 14.6 Å². The molecule has 0 aliphatic carbocycles. The number of aromatic carboxylic acids is 1. The molecule has 0 radical (unpaired) electrons. The van der Waals surface area contributed by atoms with Crippen molar-refractivity contribution in [2.45, 2.75) is 5.75 Å². The molecule has 1 rings (SSSR count). The highest BCUT2D eigenvalue weighted by atomic mass is 33.1. The Balaban J connectivity index is 2.69. The molecular formula is C9H10O4S2. The van der Waals surface area contributed by atoms with Gasteiger partial charge in [0.15, 0.2) is 8.87 Å². The van der Waals surface area contributed by atoms with Crippen LogP contribution in [0, 0.1) is 0 Å². The normalized spacial score (nSPS) is 11.3. The highest BCUT2D eigenvalue weighted by Crippen LogP contribution is 2.17. The maximum atomic E-state index is 10.8. The maximum absolute atomic E-state index is 10.8. The molecule has 1 aromatic carbocycles. The van der Waals surface area contributed by atoms with Crippen LogP contribution < -0.4 is 0 Å². The van der Waals surface area contributed by atoms with Crippen LogP contribution in [0.1, 0.15) is 15.9 Å². The number of rotatable bonds is 4. The van der Waals surface area contributed by atoms with E-state index in [1.165, 1.54) is 12.1 Å². The van der Waals surface area contributed by atoms with Gasteiger partial charge in [0.25, 0.3) is 0 Å². The van der Waals surface area contributed by atoms with E-state index in [1.807, 2.05) is 0 Å². The Bertz CT molecular complexity index is 448. The van der Waals surface area contributed by atoms with Crippen LogP contribution in [0.2, 0.25) is 0 Å². The van der Waals surface area contributed by atoms with Gasteiger partial charge < -0.3 is 5.11 Å². The standard InChI is InChI=1S/C9H10O4S2/c1-15(12,13)14-6-7-2-4-8(5-3-7)9(10)11/h2-5H,6H2,1H3,(H,10,11). The number of carbonyl (C=O) groups is 1. The third-order valence-electron chi connectivity index (χ3n) is 1.64. The molecule has 82 valence electrons. The Labute approximate surface area is 91.6 Å². The lowest BCUT2D eigenvalue weighted by Gasteiger charge is -2.00. The van der Waals surface area contributed by atoms with Gasteiger partial charge in [0.05, 0.1) is 5.56 Å². The van der Waals surface area contributed by atoms with E-state index < -0.39 is 14.8 Å². The van der Waals surface area contributed by atoms with E-state index in [0.717, 1.165) is 22.6 Å². The lowest BCUT2D eigenvalue weighted by Crippen LogP contribution is -1.96. The van der Waals surface area contributed by atoms with Crippen molar-refractivity contribution in [2.24, 2.45) is 0 Å². The summed E-state index contributed by atoms with van der Waals surface area (Å²) in [7, 11) is -2.22. The van der Waals surface area contributed by atoms with Gasteiger partial charge in [-0.3, -0.25) is 0 Å². The summed E-state index contributed by atoms with van der Waals surface area (Å²) in [5.74, 6) is -0.657. The van der Waals surface area contributed by atoms with Crippen LogP contribution in [0.25, 0.3) is 0 Å². The minimum absolute atomic E-state index is 0.197. The highest BCUT2D eigenvalue weighted by Gasteiger charge is 2.05. The first kappa shape index (κ1) is 12.1. The molecule has 0 amide bonds. The van der Waals surface area contributed by atoms with Crippen LogP contribution in [0.5, 0.6) is 0 Å². The number of hydrogen-bond donors (Lipinski definition) is 1. The lowest BCUT2D eigenvalue weighted by molar-refractivity contribution is 0.0697. The summed E-state index contributed by atoms with van der Waals surface area (Å²) in [6.45, 7) is 0. The van der Waals surface area contributed by atoms with Gasteiger partial charge in [-0.1, -0.05) is 12.1 Å². The first-order chi connectivity index (χ1) is 6.88. The average Bonchev–Trinajstić information content (AvgIpc) is 2.14. The molecule has 0 fully saturated rings. The second-order valence-corrected chi connectivity index (χ2v) is 7.42. The molecule has 0 heterocycles. The molecule has 1 aromatic rings. The van der Waals surface area contributed by atoms with E-state index in [4.69, 9.17) is 5.11 Å². The summed E-state index contributed by atoms with van der Waals surface area (Å²) in [5.41, 5.74) is 0.985. The van der Waals surface area contributed by atoms with Crippen molar-refractivity contribution < 1.29 is 18.3 Å². The van der Waals surface area contributed by atoms with E-state index in [2.05, 4.69) is 0 Å². The fourth-order valence-electron chi connectivity index (χ4n) is 0.919. The lowest BCUT2D eigenvalue weighted by atomic mass is 10.1. The smallest absolute Gasteiger partial charge is 0.335 e. The Morgan fingerprint density at radius 1 is 1.33 bits per heavy atom. The first-order valence-corrected chi connectivity index (χ1v) is 7.44. The van der Waals surface area contributed by atoms with Crippen LogP contribution in [0.15, 0.2) is 24.3 Å². The molecule has 6 heteroatoms. The van der Waals surface area contributed by atoms with Crippen LogP contribution in [0.3, 0.4) is 0 Å². The Hall–Kier alpha value is -1.01. The van der Waals surface area contributed by atoms with Gasteiger partial charge in [-0.15, -0.1) is 0 Å². The number of hydrogen-bond acceptors (Lipinski definition) is 4. The molecule has 0 unspecified atom stereocenters. The second-order valence-electron chi connectivity index (χ2n) is 2.97. The van der Waals surface area contributed by atoms with Gasteiger partial charge in [-0.05, 0) is 28.5 Å². The van der Waals surface area contributed by atoms with Gasteiger partial charge in [0.2, 0.25) is 0 Å². The van der Waals surface area contributed by atoms with Crippen LogP contribution >= 0.6 is 10.8 Å². The Kier molecular flexibility index (Phi) is 3.76. The fourth-order valence-corrected chi connectivity index (χ4v) is 2.51. The second kappa shape index (κ2) is 4.67. The third-order valence-corrected chi connectivity index (χ3v) is 4.16. The molecule has 0 aromatic heterocycles. The zero-order valence-corrected chi connectivity index (χ0v) is 9.64. The third kappa shape index (κ3) is 4.35. The summed E-state index contributed by atoms with van der Waals surface area (Å²) in [6, 6.07) is 6.14. The molecule has 0 saturated carbocycles. The van der Waals surface area contributed by atoms with E-state index >= 15 is 0 Å². The van der Waals surface area contributed by atoms with E-state index in [1.54, 1.807) is 12.1 Å². The minimum atomic E-state index is -3.05. The summed E-state index contributed by atoms with van der Waals surface area (Å²) >= 11 is 0. The quantitative estimate of drug-likeness (QED) is 0.817. The average molecular weight is 246 g/mol. The monoisotopic (exact) mass is 246 g/mol. The van der Waals surface area contributed by atoms with Gasteiger partial charge in [0.1, 0.15) is 0 Å². The van der Waals surface area contributed by atoms with E-state index in [-0.39, 0.29) is 5.56 Å². The molecule has 1 N–H and O–H groups in total. The summed E-state index contributed by atoms with van der Waals surface area (Å²) < 4.78 is 21.7. The largest absolute Gasteiger partial charge is 0.478 e. The van der Waals surface area contributed by atoms with Crippen molar-refractivity contribution in [3.05, 3.63) is 35.4 Å². The number of carboxylic acid groups (broad SMARTS) is 1. The molecule has 0 aliphatic rings. The molecule has 0 aliphatic heterocycles. The van der Waals surface area contributed by atoms with E-state index in [9.17, 15) is 13.2 Å².